The first-order valence-electron chi connectivity index (χ1n) is 11.9. The number of ketones is 1. The average Bonchev–Trinajstić information content (AvgIpc) is 3.35. The van der Waals surface area contributed by atoms with Crippen LogP contribution in [0.1, 0.15) is 37.8 Å². The van der Waals surface area contributed by atoms with Crippen molar-refractivity contribution in [1.82, 2.24) is 15.5 Å². The Balaban J connectivity index is 2.27. The lowest BCUT2D eigenvalue weighted by Gasteiger charge is -2.31. The van der Waals surface area contributed by atoms with E-state index in [1.165, 1.54) is 13.8 Å². The molecule has 1 aliphatic rings. The van der Waals surface area contributed by atoms with Crippen molar-refractivity contribution in [1.29, 1.82) is 0 Å². The summed E-state index contributed by atoms with van der Waals surface area (Å²) in [6.07, 6.45) is -10.4. The number of hydrogen-bond acceptors (Lipinski definition) is 5. The highest BCUT2D eigenvalue weighted by Gasteiger charge is 2.50. The van der Waals surface area contributed by atoms with Gasteiger partial charge in [0, 0.05) is 19.2 Å². The molecule has 0 aliphatic carbocycles. The van der Waals surface area contributed by atoms with Crippen LogP contribution in [-0.4, -0.2) is 73.0 Å². The largest absolute Gasteiger partial charge is 0.452 e. The first kappa shape index (κ1) is 32.9. The van der Waals surface area contributed by atoms with Crippen molar-refractivity contribution in [2.45, 2.75) is 63.1 Å². The molecule has 1 aliphatic heterocycles. The second-order valence-electron chi connectivity index (χ2n) is 9.38. The number of nitrogens with zero attached hydrogens (tertiary/aromatic N) is 1. The number of alkyl halides is 8. The molecule has 0 spiro atoms. The summed E-state index contributed by atoms with van der Waals surface area (Å²) in [4.78, 5) is 51.0. The van der Waals surface area contributed by atoms with E-state index in [-0.39, 0.29) is 19.4 Å². The molecule has 224 valence electrons. The molecular formula is C24H27F8N3O5. The van der Waals surface area contributed by atoms with E-state index < -0.39 is 83.6 Å². The number of hydrogen-bond donors (Lipinski definition) is 2. The van der Waals surface area contributed by atoms with E-state index in [1.807, 2.05) is 5.32 Å². The Bertz CT molecular complexity index is 1110. The molecule has 40 heavy (non-hydrogen) atoms. The van der Waals surface area contributed by atoms with Crippen molar-refractivity contribution < 1.29 is 59.0 Å². The van der Waals surface area contributed by atoms with Gasteiger partial charge in [-0.25, -0.2) is 0 Å². The van der Waals surface area contributed by atoms with Crippen molar-refractivity contribution in [3.8, 4) is 0 Å². The van der Waals surface area contributed by atoms with Gasteiger partial charge in [-0.1, -0.05) is 32.0 Å². The number of rotatable bonds is 10. The summed E-state index contributed by atoms with van der Waals surface area (Å²) in [5.41, 5.74) is -3.43. The molecule has 2 unspecified atom stereocenters. The third-order valence-electron chi connectivity index (χ3n) is 6.16. The van der Waals surface area contributed by atoms with Gasteiger partial charge in [0.2, 0.25) is 11.8 Å². The molecule has 2 N–H and O–H groups in total. The van der Waals surface area contributed by atoms with Crippen molar-refractivity contribution in [2.24, 2.45) is 5.92 Å². The number of Topliss-reactive ketones (excluding diaryl/α,β-unsaturated/α-hetero) is 1. The lowest BCUT2D eigenvalue weighted by atomic mass is 9.98. The molecular weight excluding hydrogens is 562 g/mol. The van der Waals surface area contributed by atoms with Crippen LogP contribution in [0.15, 0.2) is 24.3 Å². The minimum absolute atomic E-state index is 0.0641. The van der Waals surface area contributed by atoms with Gasteiger partial charge in [-0.3, -0.25) is 19.2 Å². The Hall–Kier alpha value is -3.30. The molecule has 16 heteroatoms. The van der Waals surface area contributed by atoms with E-state index >= 15 is 0 Å². The number of halogens is 8. The first-order valence-corrected chi connectivity index (χ1v) is 11.9. The molecule has 0 saturated carbocycles. The van der Waals surface area contributed by atoms with Crippen LogP contribution in [0, 0.1) is 5.92 Å². The molecule has 1 fully saturated rings. The molecule has 3 amide bonds. The molecule has 1 aromatic carbocycles. The first-order chi connectivity index (χ1) is 18.3. The quantitative estimate of drug-likeness (QED) is 0.408. The number of amides is 3. The predicted molar refractivity (Wildman–Crippen MR) is 122 cm³/mol. The Morgan fingerprint density at radius 3 is 2.05 bits per heavy atom. The number of carbonyl (C=O) groups is 4. The summed E-state index contributed by atoms with van der Waals surface area (Å²) in [6.45, 7) is 1.62. The number of likely N-dealkylation sites (tertiary alicyclic amines) is 1. The summed E-state index contributed by atoms with van der Waals surface area (Å²) in [5, 5.41) is 3.64. The van der Waals surface area contributed by atoms with E-state index in [9.17, 15) is 54.3 Å². The highest BCUT2D eigenvalue weighted by atomic mass is 19.4. The van der Waals surface area contributed by atoms with Gasteiger partial charge >= 0.3 is 18.3 Å². The van der Waals surface area contributed by atoms with Crippen LogP contribution in [-0.2, 0) is 36.0 Å². The Labute approximate surface area is 223 Å². The molecule has 1 aromatic rings. The zero-order valence-electron chi connectivity index (χ0n) is 21.5. The van der Waals surface area contributed by atoms with Crippen molar-refractivity contribution in [3.05, 3.63) is 35.4 Å². The summed E-state index contributed by atoms with van der Waals surface area (Å²) in [7, 11) is 1.04. The highest BCUT2D eigenvalue weighted by molar-refractivity contribution is 5.97. The van der Waals surface area contributed by atoms with Gasteiger partial charge in [-0.05, 0) is 24.8 Å². The second kappa shape index (κ2) is 12.5. The number of nitrogens with one attached hydrogen (secondary N) is 2. The van der Waals surface area contributed by atoms with Crippen LogP contribution in [0.5, 0.6) is 0 Å². The number of carbonyl (C=O) groups excluding carboxylic acids is 4. The van der Waals surface area contributed by atoms with Crippen LogP contribution >= 0.6 is 0 Å². The minimum Gasteiger partial charge on any atom is -0.382 e. The van der Waals surface area contributed by atoms with E-state index in [0.29, 0.717) is 12.1 Å². The van der Waals surface area contributed by atoms with Crippen LogP contribution in [0.4, 0.5) is 35.1 Å². The fourth-order valence-electron chi connectivity index (χ4n) is 4.18. The van der Waals surface area contributed by atoms with Gasteiger partial charge in [0.05, 0.1) is 18.2 Å². The van der Waals surface area contributed by atoms with Crippen molar-refractivity contribution in [2.75, 3.05) is 20.3 Å². The van der Waals surface area contributed by atoms with E-state index in [0.717, 1.165) is 24.1 Å². The monoisotopic (exact) mass is 589 g/mol. The summed E-state index contributed by atoms with van der Waals surface area (Å²) in [6, 6.07) is -2.80. The van der Waals surface area contributed by atoms with Gasteiger partial charge < -0.3 is 20.3 Å². The maximum absolute atomic E-state index is 14.9. The molecule has 2 rings (SSSR count). The smallest absolute Gasteiger partial charge is 0.382 e. The second-order valence-corrected chi connectivity index (χ2v) is 9.38. The van der Waals surface area contributed by atoms with Gasteiger partial charge in [-0.2, -0.15) is 35.1 Å². The standard InChI is InChI=1S/C24H27F8N3O5/c1-12(2)17(18(36)24(30,31)32)34-19(37)16-9-6-10-35(16)20(38)15(11-40-3)33-21(39)22(25,26)13-7-4-5-8-14(13)23(27,28)29/h4-5,7-8,12,15-17H,6,9-11H2,1-3H3,(H,33,39)(H,34,37)/t15-,16?,17?/m0/s1. The van der Waals surface area contributed by atoms with Gasteiger partial charge in [0.25, 0.3) is 11.7 Å². The van der Waals surface area contributed by atoms with Crippen LogP contribution in [0.25, 0.3) is 0 Å². The molecule has 0 bridgehead atoms. The normalized spacial score (nSPS) is 17.9. The summed E-state index contributed by atoms with van der Waals surface area (Å²) < 4.78 is 113. The molecule has 3 atom stereocenters. The van der Waals surface area contributed by atoms with Gasteiger partial charge in [0.15, 0.2) is 0 Å². The fourth-order valence-corrected chi connectivity index (χ4v) is 4.18. The number of benzene rings is 1. The Morgan fingerprint density at radius 1 is 0.975 bits per heavy atom. The van der Waals surface area contributed by atoms with Crippen LogP contribution < -0.4 is 10.6 Å². The molecule has 1 saturated heterocycles. The zero-order valence-corrected chi connectivity index (χ0v) is 21.5. The topological polar surface area (TPSA) is 105 Å². The maximum Gasteiger partial charge on any atom is 0.452 e. The lowest BCUT2D eigenvalue weighted by molar-refractivity contribution is -0.175. The Kier molecular flexibility index (Phi) is 10.3. The molecule has 1 heterocycles. The Morgan fingerprint density at radius 2 is 1.55 bits per heavy atom. The molecule has 0 radical (unpaired) electrons. The third-order valence-corrected chi connectivity index (χ3v) is 6.16. The average molecular weight is 589 g/mol. The number of methoxy groups -OCH3 is 1. The summed E-state index contributed by atoms with van der Waals surface area (Å²) >= 11 is 0. The number of ether oxygens (including phenoxy) is 1. The minimum atomic E-state index is -5.25. The van der Waals surface area contributed by atoms with Crippen LogP contribution in [0.2, 0.25) is 0 Å². The van der Waals surface area contributed by atoms with E-state index in [1.54, 1.807) is 5.32 Å². The lowest BCUT2D eigenvalue weighted by Crippen LogP contribution is -2.58. The SMILES string of the molecule is COC[C@H](NC(=O)C(F)(F)c1ccccc1C(F)(F)F)C(=O)N1CCCC1C(=O)NC(C(=O)C(F)(F)F)C(C)C. The molecule has 0 aromatic heterocycles. The van der Waals surface area contributed by atoms with Crippen molar-refractivity contribution in [3.63, 3.8) is 0 Å². The summed E-state index contributed by atoms with van der Waals surface area (Å²) in [5.74, 6) is -12.5. The van der Waals surface area contributed by atoms with E-state index in [4.69, 9.17) is 4.74 Å². The van der Waals surface area contributed by atoms with Gasteiger partial charge in [-0.15, -0.1) is 0 Å². The zero-order chi connectivity index (χ0) is 30.6. The van der Waals surface area contributed by atoms with E-state index in [2.05, 4.69) is 0 Å². The van der Waals surface area contributed by atoms with Crippen molar-refractivity contribution >= 4 is 23.5 Å². The fraction of sp³-hybridized carbons (Fsp3) is 0.583. The third kappa shape index (κ3) is 7.46. The predicted octanol–water partition coefficient (Wildman–Crippen LogP) is 3.19. The van der Waals surface area contributed by atoms with Gasteiger partial charge in [0.1, 0.15) is 12.1 Å². The van der Waals surface area contributed by atoms with Crippen LogP contribution in [0.3, 0.4) is 0 Å². The molecule has 8 nitrogen and oxygen atoms in total. The highest BCUT2D eigenvalue weighted by Crippen LogP contribution is 2.39. The maximum atomic E-state index is 14.9.